The van der Waals surface area contributed by atoms with Gasteiger partial charge in [-0.25, -0.2) is 0 Å². The van der Waals surface area contributed by atoms with Gasteiger partial charge in [0.15, 0.2) is 5.16 Å². The van der Waals surface area contributed by atoms with Crippen molar-refractivity contribution in [3.63, 3.8) is 0 Å². The smallest absolute Gasteiger partial charge is 0.230 e. The molecule has 0 radical (unpaired) electrons. The Hall–Kier alpha value is -1.61. The summed E-state index contributed by atoms with van der Waals surface area (Å²) < 4.78 is 7.41. The Morgan fingerprint density at radius 1 is 1.26 bits per heavy atom. The number of hydrogen-bond donors (Lipinski definition) is 1. The zero-order valence-electron chi connectivity index (χ0n) is 18.0. The van der Waals surface area contributed by atoms with Crippen molar-refractivity contribution < 1.29 is 9.53 Å². The summed E-state index contributed by atoms with van der Waals surface area (Å²) in [5, 5.41) is 12.8. The monoisotopic (exact) mass is 463 g/mol. The maximum Gasteiger partial charge on any atom is 0.230 e. The molecule has 0 bridgehead atoms. The Morgan fingerprint density at radius 3 is 2.77 bits per heavy atom. The van der Waals surface area contributed by atoms with Crippen LogP contribution in [0.1, 0.15) is 37.7 Å². The number of ether oxygens (including phenoxy) is 1. The first-order valence-corrected chi connectivity index (χ1v) is 12.3. The Labute approximate surface area is 192 Å². The Kier molecular flexibility index (Phi) is 7.53. The summed E-state index contributed by atoms with van der Waals surface area (Å²) in [5.41, 5.74) is 1.97. The van der Waals surface area contributed by atoms with Crippen molar-refractivity contribution in [1.29, 1.82) is 0 Å². The first-order valence-electron chi connectivity index (χ1n) is 11.0. The Morgan fingerprint density at radius 2 is 2.03 bits per heavy atom. The van der Waals surface area contributed by atoms with E-state index in [0.29, 0.717) is 22.5 Å². The molecule has 0 spiro atoms. The number of halogens is 1. The van der Waals surface area contributed by atoms with Crippen LogP contribution in [0.15, 0.2) is 29.7 Å². The second-order valence-corrected chi connectivity index (χ2v) is 9.72. The van der Waals surface area contributed by atoms with Crippen molar-refractivity contribution in [3.05, 3.63) is 35.1 Å². The Balaban J connectivity index is 1.35. The van der Waals surface area contributed by atoms with Gasteiger partial charge in [0.2, 0.25) is 5.91 Å². The number of rotatable bonds is 7. The molecule has 0 unspecified atom stereocenters. The van der Waals surface area contributed by atoms with E-state index < -0.39 is 0 Å². The summed E-state index contributed by atoms with van der Waals surface area (Å²) in [5.74, 6) is 0.331. The molecule has 2 heterocycles. The zero-order chi connectivity index (χ0) is 21.7. The van der Waals surface area contributed by atoms with Crippen LogP contribution in [0.4, 0.5) is 0 Å². The SMILES string of the molecule is Cc1ccc(-n2cnnc2SCC(=O)NCC2(N3CCOCC3)CCCCC2)cc1Cl. The number of aryl methyl sites for hydroxylation is 1. The lowest BCUT2D eigenvalue weighted by Gasteiger charge is -2.48. The molecule has 1 amide bonds. The first-order chi connectivity index (χ1) is 15.1. The average molecular weight is 464 g/mol. The fourth-order valence-corrected chi connectivity index (χ4v) is 5.46. The van der Waals surface area contributed by atoms with Gasteiger partial charge in [0.1, 0.15) is 6.33 Å². The third-order valence-corrected chi connectivity index (χ3v) is 7.71. The summed E-state index contributed by atoms with van der Waals surface area (Å²) in [6, 6.07) is 5.83. The largest absolute Gasteiger partial charge is 0.379 e. The van der Waals surface area contributed by atoms with Gasteiger partial charge in [-0.15, -0.1) is 10.2 Å². The van der Waals surface area contributed by atoms with Crippen LogP contribution in [-0.4, -0.2) is 69.7 Å². The minimum atomic E-state index is 0.0275. The number of hydrogen-bond acceptors (Lipinski definition) is 6. The van der Waals surface area contributed by atoms with Gasteiger partial charge < -0.3 is 10.1 Å². The molecule has 1 saturated carbocycles. The summed E-state index contributed by atoms with van der Waals surface area (Å²) in [6.45, 7) is 6.13. The maximum absolute atomic E-state index is 12.7. The van der Waals surface area contributed by atoms with Crippen molar-refractivity contribution in [1.82, 2.24) is 25.0 Å². The molecule has 1 N–H and O–H groups in total. The fourth-order valence-electron chi connectivity index (χ4n) is 4.53. The van der Waals surface area contributed by atoms with Gasteiger partial charge in [0.05, 0.1) is 24.7 Å². The number of carbonyl (C=O) groups excluding carboxylic acids is 1. The number of aromatic nitrogens is 3. The van der Waals surface area contributed by atoms with E-state index in [1.165, 1.54) is 31.0 Å². The molecule has 1 aliphatic carbocycles. The second-order valence-electron chi connectivity index (χ2n) is 8.37. The Bertz CT molecular complexity index is 894. The van der Waals surface area contributed by atoms with Crippen LogP contribution in [0.2, 0.25) is 5.02 Å². The topological polar surface area (TPSA) is 72.3 Å². The fraction of sp³-hybridized carbons (Fsp3) is 0.591. The minimum Gasteiger partial charge on any atom is -0.379 e. The maximum atomic E-state index is 12.7. The summed E-state index contributed by atoms with van der Waals surface area (Å²) in [6.07, 6.45) is 7.67. The van der Waals surface area contributed by atoms with Gasteiger partial charge in [-0.05, 0) is 37.5 Å². The van der Waals surface area contributed by atoms with Gasteiger partial charge in [-0.2, -0.15) is 0 Å². The number of nitrogens with zero attached hydrogens (tertiary/aromatic N) is 4. The molecular formula is C22H30ClN5O2S. The molecule has 0 atom stereocenters. The molecule has 2 fully saturated rings. The van der Waals surface area contributed by atoms with Gasteiger partial charge in [-0.3, -0.25) is 14.3 Å². The molecule has 2 aliphatic rings. The summed E-state index contributed by atoms with van der Waals surface area (Å²) >= 11 is 7.65. The molecule has 1 aromatic heterocycles. The first kappa shape index (κ1) is 22.6. The molecule has 1 aromatic carbocycles. The molecule has 1 saturated heterocycles. The van der Waals surface area contributed by atoms with E-state index >= 15 is 0 Å². The molecule has 7 nitrogen and oxygen atoms in total. The van der Waals surface area contributed by atoms with Crippen LogP contribution in [0.5, 0.6) is 0 Å². The van der Waals surface area contributed by atoms with E-state index in [4.69, 9.17) is 16.3 Å². The van der Waals surface area contributed by atoms with Crippen molar-refractivity contribution >= 4 is 29.3 Å². The number of morpholine rings is 1. The van der Waals surface area contributed by atoms with Crippen LogP contribution in [0.25, 0.3) is 5.69 Å². The van der Waals surface area contributed by atoms with Crippen LogP contribution < -0.4 is 5.32 Å². The summed E-state index contributed by atoms with van der Waals surface area (Å²) in [4.78, 5) is 15.2. The lowest BCUT2D eigenvalue weighted by Crippen LogP contribution is -2.59. The normalized spacial score (nSPS) is 19.3. The third-order valence-electron chi connectivity index (χ3n) is 6.36. The van der Waals surface area contributed by atoms with Crippen molar-refractivity contribution in [3.8, 4) is 5.69 Å². The molecular weight excluding hydrogens is 434 g/mol. The van der Waals surface area contributed by atoms with E-state index in [-0.39, 0.29) is 11.4 Å². The van der Waals surface area contributed by atoms with Crippen LogP contribution >= 0.6 is 23.4 Å². The highest BCUT2D eigenvalue weighted by Gasteiger charge is 2.38. The van der Waals surface area contributed by atoms with E-state index in [0.717, 1.165) is 50.4 Å². The molecule has 2 aromatic rings. The predicted octanol–water partition coefficient (Wildman–Crippen LogP) is 3.47. The number of carbonyl (C=O) groups is 1. The number of benzene rings is 1. The summed E-state index contributed by atoms with van der Waals surface area (Å²) in [7, 11) is 0. The van der Waals surface area contributed by atoms with Crippen LogP contribution in [0.3, 0.4) is 0 Å². The third kappa shape index (κ3) is 5.42. The van der Waals surface area contributed by atoms with Crippen molar-refractivity contribution in [2.24, 2.45) is 0 Å². The highest BCUT2D eigenvalue weighted by Crippen LogP contribution is 2.34. The van der Waals surface area contributed by atoms with Crippen LogP contribution in [-0.2, 0) is 9.53 Å². The molecule has 4 rings (SSSR count). The van der Waals surface area contributed by atoms with Gasteiger partial charge in [0.25, 0.3) is 0 Å². The predicted molar refractivity (Wildman–Crippen MR) is 123 cm³/mol. The standard InChI is InChI=1S/C22H30ClN5O2S/c1-17-5-6-18(13-19(17)23)28-16-25-26-21(28)31-14-20(29)24-15-22(7-3-2-4-8-22)27-9-11-30-12-10-27/h5-6,13,16H,2-4,7-12,14-15H2,1H3,(H,24,29). The van der Waals surface area contributed by atoms with E-state index in [9.17, 15) is 4.79 Å². The molecule has 9 heteroatoms. The van der Waals surface area contributed by atoms with E-state index in [1.54, 1.807) is 6.33 Å². The molecule has 168 valence electrons. The highest BCUT2D eigenvalue weighted by atomic mass is 35.5. The quantitative estimate of drug-likeness (QED) is 0.634. The number of nitrogens with one attached hydrogen (secondary N) is 1. The molecule has 1 aliphatic heterocycles. The second kappa shape index (κ2) is 10.3. The van der Waals surface area contributed by atoms with Gasteiger partial charge >= 0.3 is 0 Å². The number of thioether (sulfide) groups is 1. The zero-order valence-corrected chi connectivity index (χ0v) is 19.6. The van der Waals surface area contributed by atoms with E-state index in [1.807, 2.05) is 29.7 Å². The van der Waals surface area contributed by atoms with Gasteiger partial charge in [-0.1, -0.05) is 48.7 Å². The van der Waals surface area contributed by atoms with E-state index in [2.05, 4.69) is 20.4 Å². The van der Waals surface area contributed by atoms with Crippen molar-refractivity contribution in [2.45, 2.75) is 49.7 Å². The van der Waals surface area contributed by atoms with Crippen molar-refractivity contribution in [2.75, 3.05) is 38.6 Å². The highest BCUT2D eigenvalue weighted by molar-refractivity contribution is 7.99. The lowest BCUT2D eigenvalue weighted by atomic mass is 9.79. The molecule has 31 heavy (non-hydrogen) atoms. The minimum absolute atomic E-state index is 0.0275. The van der Waals surface area contributed by atoms with Gasteiger partial charge in [0, 0.05) is 30.2 Å². The number of amides is 1. The average Bonchev–Trinajstić information content (AvgIpc) is 3.28. The van der Waals surface area contributed by atoms with Crippen LogP contribution in [0, 0.1) is 6.92 Å². The lowest BCUT2D eigenvalue weighted by molar-refractivity contribution is -0.119.